The highest BCUT2D eigenvalue weighted by molar-refractivity contribution is 7.92. The standard InChI is InChI=1S/C27H31N3O4S/c1-29(2)26(22-9-6-11-23(18-22)34-3)19-28-27(31)21-13-15-24(16-14-21)35(32,33)30-17-7-10-20-8-4-5-12-25(20)30/h4-6,8-9,11-16,18,26H,7,10,17,19H2,1-3H3,(H,28,31)/t26-/m0/s1. The van der Waals surface area contributed by atoms with Crippen molar-refractivity contribution in [2.75, 3.05) is 38.6 Å². The van der Waals surface area contributed by atoms with Crippen molar-refractivity contribution < 1.29 is 17.9 Å². The number of anilines is 1. The van der Waals surface area contributed by atoms with Crippen LogP contribution in [0.4, 0.5) is 5.69 Å². The fraction of sp³-hybridized carbons (Fsp3) is 0.296. The molecule has 0 aromatic heterocycles. The Morgan fingerprint density at radius 3 is 2.51 bits per heavy atom. The van der Waals surface area contributed by atoms with Crippen molar-refractivity contribution in [2.24, 2.45) is 0 Å². The minimum absolute atomic E-state index is 0.0483. The fourth-order valence-corrected chi connectivity index (χ4v) is 5.93. The Balaban J connectivity index is 1.47. The highest BCUT2D eigenvalue weighted by atomic mass is 32.2. The summed E-state index contributed by atoms with van der Waals surface area (Å²) in [5, 5.41) is 2.97. The highest BCUT2D eigenvalue weighted by Crippen LogP contribution is 2.31. The molecule has 1 aliphatic heterocycles. The topological polar surface area (TPSA) is 78.9 Å². The van der Waals surface area contributed by atoms with Gasteiger partial charge >= 0.3 is 0 Å². The van der Waals surface area contributed by atoms with Gasteiger partial charge in [0.25, 0.3) is 15.9 Å². The number of hydrogen-bond acceptors (Lipinski definition) is 5. The summed E-state index contributed by atoms with van der Waals surface area (Å²) in [5.74, 6) is 0.501. The normalized spacial score (nSPS) is 14.3. The van der Waals surface area contributed by atoms with Crippen molar-refractivity contribution in [1.82, 2.24) is 10.2 Å². The quantitative estimate of drug-likeness (QED) is 0.515. The number of likely N-dealkylation sites (N-methyl/N-ethyl adjacent to an activating group) is 1. The smallest absolute Gasteiger partial charge is 0.264 e. The zero-order chi connectivity index (χ0) is 25.0. The van der Waals surface area contributed by atoms with Crippen molar-refractivity contribution in [3.8, 4) is 5.75 Å². The molecule has 1 aliphatic rings. The van der Waals surface area contributed by atoms with Crippen molar-refractivity contribution >= 4 is 21.6 Å². The number of nitrogens with one attached hydrogen (secondary N) is 1. The lowest BCUT2D eigenvalue weighted by Gasteiger charge is -2.30. The number of carbonyl (C=O) groups excluding carboxylic acids is 1. The third-order valence-corrected chi connectivity index (χ3v) is 8.16. The number of hydrogen-bond donors (Lipinski definition) is 1. The second-order valence-electron chi connectivity index (χ2n) is 8.80. The summed E-state index contributed by atoms with van der Waals surface area (Å²) in [5.41, 5.74) is 3.20. The Morgan fingerprint density at radius 1 is 1.06 bits per heavy atom. The van der Waals surface area contributed by atoms with E-state index in [0.29, 0.717) is 18.7 Å². The second-order valence-corrected chi connectivity index (χ2v) is 10.7. The second kappa shape index (κ2) is 10.5. The number of fused-ring (bicyclic) bond motifs is 1. The molecule has 1 heterocycles. The van der Waals surface area contributed by atoms with Crippen LogP contribution >= 0.6 is 0 Å². The van der Waals surface area contributed by atoms with E-state index in [1.165, 1.54) is 16.4 Å². The van der Waals surface area contributed by atoms with Gasteiger partial charge in [0, 0.05) is 18.7 Å². The summed E-state index contributed by atoms with van der Waals surface area (Å²) in [6, 6.07) is 21.4. The van der Waals surface area contributed by atoms with Crippen molar-refractivity contribution in [2.45, 2.75) is 23.8 Å². The molecule has 3 aromatic carbocycles. The summed E-state index contributed by atoms with van der Waals surface area (Å²) in [7, 11) is 1.82. The molecule has 0 unspecified atom stereocenters. The lowest BCUT2D eigenvalue weighted by atomic mass is 10.0. The van der Waals surface area contributed by atoms with Crippen molar-refractivity contribution in [1.29, 1.82) is 0 Å². The maximum atomic E-state index is 13.3. The number of benzene rings is 3. The molecule has 1 N–H and O–H groups in total. The van der Waals surface area contributed by atoms with E-state index in [9.17, 15) is 13.2 Å². The van der Waals surface area contributed by atoms with Gasteiger partial charge < -0.3 is 15.0 Å². The van der Waals surface area contributed by atoms with Crippen LogP contribution in [0.3, 0.4) is 0 Å². The van der Waals surface area contributed by atoms with Crippen LogP contribution in [0.2, 0.25) is 0 Å². The predicted molar refractivity (Wildman–Crippen MR) is 137 cm³/mol. The van der Waals surface area contributed by atoms with E-state index in [1.807, 2.05) is 67.5 Å². The van der Waals surface area contributed by atoms with Gasteiger partial charge in [-0.2, -0.15) is 0 Å². The van der Waals surface area contributed by atoms with Crippen molar-refractivity contribution in [3.63, 3.8) is 0 Å². The SMILES string of the molecule is COc1cccc([C@H](CNC(=O)c2ccc(S(=O)(=O)N3CCCc4ccccc43)cc2)N(C)C)c1. The summed E-state index contributed by atoms with van der Waals surface area (Å²) < 4.78 is 33.5. The average molecular weight is 494 g/mol. The molecule has 1 amide bonds. The molecule has 0 saturated heterocycles. The molecule has 0 saturated carbocycles. The monoisotopic (exact) mass is 493 g/mol. The Kier molecular flexibility index (Phi) is 7.42. The molecule has 3 aromatic rings. The van der Waals surface area contributed by atoms with E-state index in [2.05, 4.69) is 5.32 Å². The van der Waals surface area contributed by atoms with Crippen LogP contribution in [0.15, 0.2) is 77.7 Å². The lowest BCUT2D eigenvalue weighted by molar-refractivity contribution is 0.0942. The summed E-state index contributed by atoms with van der Waals surface area (Å²) >= 11 is 0. The first kappa shape index (κ1) is 24.8. The number of carbonyl (C=O) groups is 1. The van der Waals surface area contributed by atoms with Crippen LogP contribution in [0, 0.1) is 0 Å². The van der Waals surface area contributed by atoms with Crippen LogP contribution in [0.25, 0.3) is 0 Å². The Bertz CT molecular complexity index is 1290. The Hall–Kier alpha value is -3.36. The third-order valence-electron chi connectivity index (χ3n) is 6.33. The number of sulfonamides is 1. The predicted octanol–water partition coefficient (Wildman–Crippen LogP) is 3.87. The van der Waals surface area contributed by atoms with Crippen LogP contribution in [-0.2, 0) is 16.4 Å². The number of para-hydroxylation sites is 1. The zero-order valence-electron chi connectivity index (χ0n) is 20.3. The molecule has 0 bridgehead atoms. The average Bonchev–Trinajstić information content (AvgIpc) is 2.88. The molecule has 0 spiro atoms. The van der Waals surface area contributed by atoms with Gasteiger partial charge in [0.2, 0.25) is 0 Å². The molecule has 35 heavy (non-hydrogen) atoms. The molecule has 0 radical (unpaired) electrons. The van der Waals surface area contributed by atoms with E-state index in [0.717, 1.165) is 35.4 Å². The van der Waals surface area contributed by atoms with E-state index in [1.54, 1.807) is 19.2 Å². The molecular formula is C27H31N3O4S. The molecule has 184 valence electrons. The third kappa shape index (κ3) is 5.33. The maximum Gasteiger partial charge on any atom is 0.264 e. The number of nitrogens with zero attached hydrogens (tertiary/aromatic N) is 2. The number of amides is 1. The highest BCUT2D eigenvalue weighted by Gasteiger charge is 2.29. The first-order valence-electron chi connectivity index (χ1n) is 11.6. The largest absolute Gasteiger partial charge is 0.497 e. The minimum Gasteiger partial charge on any atom is -0.497 e. The van der Waals surface area contributed by atoms with Gasteiger partial charge in [-0.3, -0.25) is 9.10 Å². The van der Waals surface area contributed by atoms with E-state index in [4.69, 9.17) is 4.74 Å². The number of aryl methyl sites for hydroxylation is 1. The fourth-order valence-electron chi connectivity index (χ4n) is 4.39. The van der Waals surface area contributed by atoms with Gasteiger partial charge in [-0.1, -0.05) is 30.3 Å². The van der Waals surface area contributed by atoms with Gasteiger partial charge in [0.1, 0.15) is 5.75 Å². The first-order valence-corrected chi connectivity index (χ1v) is 13.0. The number of ether oxygens (including phenoxy) is 1. The number of rotatable bonds is 8. The molecule has 4 rings (SSSR count). The van der Waals surface area contributed by atoms with E-state index in [-0.39, 0.29) is 16.8 Å². The lowest BCUT2D eigenvalue weighted by Crippen LogP contribution is -2.35. The van der Waals surface area contributed by atoms with E-state index >= 15 is 0 Å². The van der Waals surface area contributed by atoms with E-state index < -0.39 is 10.0 Å². The van der Waals surface area contributed by atoms with Gasteiger partial charge in [-0.05, 0) is 80.5 Å². The maximum absolute atomic E-state index is 13.3. The summed E-state index contributed by atoms with van der Waals surface area (Å²) in [4.78, 5) is 15.0. The van der Waals surface area contributed by atoms with Gasteiger partial charge in [-0.15, -0.1) is 0 Å². The Labute approximate surface area is 207 Å². The molecule has 1 atom stereocenters. The zero-order valence-corrected chi connectivity index (χ0v) is 21.1. The molecular weight excluding hydrogens is 462 g/mol. The number of methoxy groups -OCH3 is 1. The summed E-state index contributed by atoms with van der Waals surface area (Å²) in [6.07, 6.45) is 1.64. The van der Waals surface area contributed by atoms with Crippen LogP contribution < -0.4 is 14.4 Å². The van der Waals surface area contributed by atoms with Crippen LogP contribution in [0.5, 0.6) is 5.75 Å². The van der Waals surface area contributed by atoms with Crippen molar-refractivity contribution in [3.05, 3.63) is 89.5 Å². The molecule has 0 aliphatic carbocycles. The van der Waals surface area contributed by atoms with Gasteiger partial charge in [-0.25, -0.2) is 8.42 Å². The molecule has 7 nitrogen and oxygen atoms in total. The summed E-state index contributed by atoms with van der Waals surface area (Å²) in [6.45, 7) is 0.835. The van der Waals surface area contributed by atoms with Crippen LogP contribution in [0.1, 0.15) is 33.9 Å². The molecule has 8 heteroatoms. The molecule has 0 fully saturated rings. The Morgan fingerprint density at radius 2 is 1.80 bits per heavy atom. The van der Waals surface area contributed by atoms with Crippen LogP contribution in [-0.4, -0.2) is 53.5 Å². The minimum atomic E-state index is -3.71. The van der Waals surface area contributed by atoms with Gasteiger partial charge in [0.15, 0.2) is 0 Å². The first-order chi connectivity index (χ1) is 16.8. The van der Waals surface area contributed by atoms with Gasteiger partial charge in [0.05, 0.1) is 23.7 Å².